The zero-order chi connectivity index (χ0) is 15.2. The van der Waals surface area contributed by atoms with Crippen molar-refractivity contribution in [3.8, 4) is 0 Å². The van der Waals surface area contributed by atoms with Crippen molar-refractivity contribution in [3.05, 3.63) is 4.91 Å². The second-order valence-electron chi connectivity index (χ2n) is 3.86. The molecule has 2 atom stereocenters. The molecule has 9 nitrogen and oxygen atoms in total. The van der Waals surface area contributed by atoms with Crippen LogP contribution in [0.4, 0.5) is 0 Å². The van der Waals surface area contributed by atoms with Gasteiger partial charge in [-0.1, -0.05) is 0 Å². The molecular formula is C9H15ClN4O5. The minimum absolute atomic E-state index is 0.0730. The number of carboxylic acids is 1. The van der Waals surface area contributed by atoms with E-state index in [0.29, 0.717) is 5.01 Å². The summed E-state index contributed by atoms with van der Waals surface area (Å²) in [5, 5.41) is 13.8. The Morgan fingerprint density at radius 1 is 1.53 bits per heavy atom. The van der Waals surface area contributed by atoms with E-state index in [-0.39, 0.29) is 12.4 Å². The molecule has 0 aromatic heterocycles. The number of nitrogens with one attached hydrogen (secondary N) is 1. The molecule has 0 fully saturated rings. The molecule has 0 aliphatic carbocycles. The zero-order valence-corrected chi connectivity index (χ0v) is 11.2. The molecule has 108 valence electrons. The van der Waals surface area contributed by atoms with Crippen molar-refractivity contribution in [2.75, 3.05) is 12.4 Å². The monoisotopic (exact) mass is 294 g/mol. The number of nitrogens with two attached hydrogens (primary N) is 1. The normalized spacial score (nSPS) is 14.9. The summed E-state index contributed by atoms with van der Waals surface area (Å²) in [5.74, 6) is -3.56. The molecule has 0 aliphatic rings. The van der Waals surface area contributed by atoms with Gasteiger partial charge in [-0.15, -0.1) is 16.5 Å². The van der Waals surface area contributed by atoms with Crippen LogP contribution < -0.4 is 11.1 Å². The molecule has 0 saturated heterocycles. The first-order chi connectivity index (χ1) is 8.71. The highest BCUT2D eigenvalue weighted by Gasteiger charge is 2.46. The molecule has 0 unspecified atom stereocenters. The van der Waals surface area contributed by atoms with E-state index in [1.54, 1.807) is 0 Å². The van der Waals surface area contributed by atoms with Crippen LogP contribution in [0.15, 0.2) is 5.29 Å². The Hall–Kier alpha value is -1.90. The molecule has 0 aromatic carbocycles. The lowest BCUT2D eigenvalue weighted by molar-refractivity contribution is -0.148. The summed E-state index contributed by atoms with van der Waals surface area (Å²) < 4.78 is 0. The van der Waals surface area contributed by atoms with Gasteiger partial charge in [-0.2, -0.15) is 0 Å². The van der Waals surface area contributed by atoms with Crippen LogP contribution in [0.2, 0.25) is 0 Å². The minimum atomic E-state index is -2.11. The van der Waals surface area contributed by atoms with E-state index in [2.05, 4.69) is 10.6 Å². The number of carboxylic acid groups (broad SMARTS) is 1. The molecule has 10 heteroatoms. The van der Waals surface area contributed by atoms with Crippen LogP contribution in [-0.4, -0.2) is 51.9 Å². The van der Waals surface area contributed by atoms with Crippen molar-refractivity contribution in [1.29, 1.82) is 0 Å². The van der Waals surface area contributed by atoms with E-state index in [1.807, 2.05) is 0 Å². The third-order valence-electron chi connectivity index (χ3n) is 2.55. The van der Waals surface area contributed by atoms with Gasteiger partial charge < -0.3 is 16.2 Å². The Labute approximate surface area is 114 Å². The van der Waals surface area contributed by atoms with E-state index in [9.17, 15) is 19.3 Å². The number of nitroso groups, excluding NO2 is 1. The summed E-state index contributed by atoms with van der Waals surface area (Å²) >= 11 is 5.43. The highest BCUT2D eigenvalue weighted by atomic mass is 35.5. The first-order valence-electron chi connectivity index (χ1n) is 5.22. The molecule has 0 radical (unpaired) electrons. The Balaban J connectivity index is 5.28. The first kappa shape index (κ1) is 17.1. The third kappa shape index (κ3) is 3.78. The van der Waals surface area contributed by atoms with Gasteiger partial charge in [-0.05, 0) is 13.8 Å². The van der Waals surface area contributed by atoms with Crippen LogP contribution in [0.25, 0.3) is 0 Å². The molecule has 0 spiro atoms. The number of amides is 2. The Bertz CT molecular complexity index is 391. The first-order valence-corrected chi connectivity index (χ1v) is 5.75. The number of carbonyl (C=O) groups excluding carboxylic acids is 2. The second-order valence-corrected chi connectivity index (χ2v) is 4.24. The van der Waals surface area contributed by atoms with Crippen molar-refractivity contribution in [3.63, 3.8) is 0 Å². The Morgan fingerprint density at radius 3 is 2.37 bits per heavy atom. The number of hydrogen-bond acceptors (Lipinski definition) is 5. The van der Waals surface area contributed by atoms with Gasteiger partial charge in [0.15, 0.2) is 0 Å². The maximum atomic E-state index is 11.9. The Morgan fingerprint density at radius 2 is 2.05 bits per heavy atom. The average Bonchev–Trinajstić information content (AvgIpc) is 2.34. The maximum Gasteiger partial charge on any atom is 0.325 e. The van der Waals surface area contributed by atoms with Crippen molar-refractivity contribution in [2.45, 2.75) is 25.4 Å². The zero-order valence-electron chi connectivity index (χ0n) is 10.4. The number of rotatable bonds is 8. The molecule has 0 aliphatic heterocycles. The van der Waals surface area contributed by atoms with Gasteiger partial charge >= 0.3 is 5.97 Å². The van der Waals surface area contributed by atoms with Gasteiger partial charge in [0.1, 0.15) is 6.04 Å². The molecule has 0 rings (SSSR count). The van der Waals surface area contributed by atoms with Gasteiger partial charge in [0.2, 0.25) is 5.54 Å². The number of hydrogen-bond donors (Lipinski definition) is 3. The molecule has 0 saturated carbocycles. The lowest BCUT2D eigenvalue weighted by Gasteiger charge is -2.32. The van der Waals surface area contributed by atoms with Gasteiger partial charge in [0, 0.05) is 5.88 Å². The fourth-order valence-electron chi connectivity index (χ4n) is 1.18. The number of nitrogens with zero attached hydrogens (tertiary/aromatic N) is 2. The fourth-order valence-corrected chi connectivity index (χ4v) is 1.34. The number of primary amides is 1. The molecule has 2 amide bonds. The summed E-state index contributed by atoms with van der Waals surface area (Å²) in [6, 6.07) is -1.25. The van der Waals surface area contributed by atoms with Crippen LogP contribution in [0.1, 0.15) is 13.8 Å². The largest absolute Gasteiger partial charge is 0.480 e. The van der Waals surface area contributed by atoms with Crippen molar-refractivity contribution in [2.24, 2.45) is 11.0 Å². The molecule has 0 aromatic rings. The minimum Gasteiger partial charge on any atom is -0.480 e. The van der Waals surface area contributed by atoms with Crippen LogP contribution in [-0.2, 0) is 14.4 Å². The maximum absolute atomic E-state index is 11.9. The number of carbonyl (C=O) groups is 3. The predicted molar refractivity (Wildman–Crippen MR) is 66.1 cm³/mol. The van der Waals surface area contributed by atoms with Gasteiger partial charge in [-0.3, -0.25) is 14.4 Å². The van der Waals surface area contributed by atoms with E-state index in [4.69, 9.17) is 22.4 Å². The molecule has 0 bridgehead atoms. The summed E-state index contributed by atoms with van der Waals surface area (Å²) in [7, 11) is 0. The van der Waals surface area contributed by atoms with E-state index in [1.165, 1.54) is 6.92 Å². The SMILES string of the molecule is C[C@H](NC(=O)[C@@](C)(C(N)=O)N(CCCl)N=O)C(=O)O. The smallest absolute Gasteiger partial charge is 0.325 e. The second kappa shape index (κ2) is 6.88. The summed E-state index contributed by atoms with van der Waals surface area (Å²) in [5.41, 5.74) is 2.99. The van der Waals surface area contributed by atoms with E-state index < -0.39 is 29.4 Å². The average molecular weight is 295 g/mol. The van der Waals surface area contributed by atoms with Crippen LogP contribution in [0.5, 0.6) is 0 Å². The third-order valence-corrected chi connectivity index (χ3v) is 2.72. The predicted octanol–water partition coefficient (Wildman–Crippen LogP) is -0.958. The van der Waals surface area contributed by atoms with Gasteiger partial charge in [0.25, 0.3) is 11.8 Å². The van der Waals surface area contributed by atoms with Crippen molar-refractivity contribution < 1.29 is 19.5 Å². The Kier molecular flexibility index (Phi) is 6.19. The van der Waals surface area contributed by atoms with Crippen LogP contribution >= 0.6 is 11.6 Å². The molecular weight excluding hydrogens is 280 g/mol. The summed E-state index contributed by atoms with van der Waals surface area (Å²) in [4.78, 5) is 44.7. The lowest BCUT2D eigenvalue weighted by Crippen LogP contribution is -2.64. The number of aliphatic carboxylic acids is 1. The molecule has 4 N–H and O–H groups in total. The topological polar surface area (TPSA) is 142 Å². The highest BCUT2D eigenvalue weighted by Crippen LogP contribution is 2.16. The number of alkyl halides is 1. The summed E-state index contributed by atoms with van der Waals surface area (Å²) in [6.45, 7) is 2.06. The molecule has 19 heavy (non-hydrogen) atoms. The van der Waals surface area contributed by atoms with Crippen molar-refractivity contribution >= 4 is 29.4 Å². The standard InChI is InChI=1S/C9H15ClN4O5/c1-5(6(15)16)12-8(18)9(2,7(11)17)14(13-19)4-3-10/h5H,3-4H2,1-2H3,(H2,11,17)(H,12,18)(H,15,16)/t5-,9+/m0/s1. The molecule has 0 heterocycles. The fraction of sp³-hybridized carbons (Fsp3) is 0.667. The van der Waals surface area contributed by atoms with Crippen LogP contribution in [0, 0.1) is 4.91 Å². The lowest BCUT2D eigenvalue weighted by atomic mass is 9.99. The number of halogens is 1. The van der Waals surface area contributed by atoms with Gasteiger partial charge in [-0.25, -0.2) is 5.01 Å². The van der Waals surface area contributed by atoms with Crippen molar-refractivity contribution in [1.82, 2.24) is 10.3 Å². The van der Waals surface area contributed by atoms with Gasteiger partial charge in [0.05, 0.1) is 11.8 Å². The summed E-state index contributed by atoms with van der Waals surface area (Å²) in [6.07, 6.45) is 0. The highest BCUT2D eigenvalue weighted by molar-refractivity contribution is 6.18. The van der Waals surface area contributed by atoms with E-state index in [0.717, 1.165) is 6.92 Å². The quantitative estimate of drug-likeness (QED) is 0.228. The van der Waals surface area contributed by atoms with Crippen LogP contribution in [0.3, 0.4) is 0 Å². The van der Waals surface area contributed by atoms with E-state index >= 15 is 0 Å².